The maximum Gasteiger partial charge on any atom is 0.0848 e. The van der Waals surface area contributed by atoms with Gasteiger partial charge in [-0.05, 0) is 210 Å². The Bertz CT molecular complexity index is 3360. The quantitative estimate of drug-likeness (QED) is 0.154. The molecule has 68 heavy (non-hydrogen) atoms. The Labute approximate surface area is 402 Å². The van der Waals surface area contributed by atoms with Gasteiger partial charge in [-0.2, -0.15) is 0 Å². The standard InChI is InChI=1S/C65H43ClN2/c66-65-63-37-51(67(47-17-23-57-43(33-47)29-39-9-1-5-13-53(39)57)48-18-24-58-44(34-48)30-40-10-2-6-14-54(40)58)21-27-61(63)62-28-22-52(38-64(62)65)68(49-19-25-59-45(35-49)31-41-11-3-7-15-55(41)59)50-20-26-60-46(36-50)32-42-12-4-8-16-56(42)60/h1-28,33-38,65H,29-32H2. The summed E-state index contributed by atoms with van der Waals surface area (Å²) in [6, 6.07) is 77.4. The van der Waals surface area contributed by atoms with Gasteiger partial charge in [0.1, 0.15) is 0 Å². The molecule has 2 nitrogen and oxygen atoms in total. The van der Waals surface area contributed by atoms with E-state index in [0.717, 1.165) is 70.9 Å². The SMILES string of the molecule is ClC1c2cc(N(c3ccc4c(c3)Cc3ccccc3-4)c3ccc4c(c3)Cc3ccccc3-4)ccc2-c2ccc(N(c3ccc4c(c3)Cc3ccccc3-4)c3ccc4c(c3)Cc3ccccc3-4)cc21. The van der Waals surface area contributed by atoms with Crippen LogP contribution in [0.15, 0.2) is 206 Å². The van der Waals surface area contributed by atoms with E-state index in [2.05, 4.69) is 216 Å². The molecule has 0 aromatic heterocycles. The van der Waals surface area contributed by atoms with Crippen molar-refractivity contribution in [3.63, 3.8) is 0 Å². The zero-order chi connectivity index (χ0) is 44.6. The van der Waals surface area contributed by atoms with Crippen LogP contribution in [-0.4, -0.2) is 0 Å². The fourth-order valence-electron chi connectivity index (χ4n) is 12.4. The topological polar surface area (TPSA) is 6.48 Å². The lowest BCUT2D eigenvalue weighted by Crippen LogP contribution is -2.11. The monoisotopic (exact) mass is 886 g/mol. The average Bonchev–Trinajstić information content (AvgIpc) is 4.19. The number of rotatable bonds is 6. The summed E-state index contributed by atoms with van der Waals surface area (Å²) in [6.07, 6.45) is 3.75. The Morgan fingerprint density at radius 2 is 0.485 bits per heavy atom. The molecular weight excluding hydrogens is 844 g/mol. The molecule has 0 saturated heterocycles. The van der Waals surface area contributed by atoms with Gasteiger partial charge in [0.25, 0.3) is 0 Å². The number of halogens is 1. The molecule has 0 heterocycles. The molecule has 5 aliphatic carbocycles. The second-order valence-corrected chi connectivity index (χ2v) is 19.7. The third kappa shape index (κ3) is 5.71. The van der Waals surface area contributed by atoms with Gasteiger partial charge in [-0.15, -0.1) is 11.6 Å². The van der Waals surface area contributed by atoms with Gasteiger partial charge in [0.05, 0.1) is 5.38 Å². The number of hydrogen-bond acceptors (Lipinski definition) is 2. The van der Waals surface area contributed by atoms with Gasteiger partial charge in [0, 0.05) is 34.1 Å². The number of hydrogen-bond donors (Lipinski definition) is 0. The number of fused-ring (bicyclic) bond motifs is 15. The molecule has 0 bridgehead atoms. The Hall–Kier alpha value is -7.91. The van der Waals surface area contributed by atoms with E-state index >= 15 is 0 Å². The Kier molecular flexibility index (Phi) is 8.17. The molecule has 0 spiro atoms. The van der Waals surface area contributed by atoms with Gasteiger partial charge in [-0.1, -0.05) is 133 Å². The Morgan fingerprint density at radius 3 is 0.779 bits per heavy atom. The van der Waals surface area contributed by atoms with Crippen LogP contribution in [0.4, 0.5) is 34.1 Å². The van der Waals surface area contributed by atoms with Crippen molar-refractivity contribution < 1.29 is 0 Å². The Balaban J connectivity index is 0.829. The maximum absolute atomic E-state index is 7.79. The molecule has 5 aliphatic rings. The number of alkyl halides is 1. The molecule has 15 rings (SSSR count). The van der Waals surface area contributed by atoms with E-state index in [4.69, 9.17) is 11.6 Å². The molecular formula is C65H43ClN2. The van der Waals surface area contributed by atoms with E-state index in [0.29, 0.717) is 0 Å². The largest absolute Gasteiger partial charge is 0.310 e. The number of nitrogens with zero attached hydrogens (tertiary/aromatic N) is 2. The molecule has 0 atom stereocenters. The van der Waals surface area contributed by atoms with Crippen molar-refractivity contribution in [3.05, 3.63) is 262 Å². The fraction of sp³-hybridized carbons (Fsp3) is 0.0769. The minimum atomic E-state index is -0.323. The van der Waals surface area contributed by atoms with Crippen LogP contribution in [0.2, 0.25) is 0 Å². The molecule has 3 heteroatoms. The van der Waals surface area contributed by atoms with Crippen molar-refractivity contribution in [1.29, 1.82) is 0 Å². The van der Waals surface area contributed by atoms with E-state index in [9.17, 15) is 0 Å². The molecule has 10 aromatic rings. The lowest BCUT2D eigenvalue weighted by atomic mass is 10.0. The highest BCUT2D eigenvalue weighted by molar-refractivity contribution is 6.25. The van der Waals surface area contributed by atoms with Crippen LogP contribution in [0, 0.1) is 0 Å². The predicted octanol–water partition coefficient (Wildman–Crippen LogP) is 17.2. The summed E-state index contributed by atoms with van der Waals surface area (Å²) in [5, 5.41) is -0.323. The van der Waals surface area contributed by atoms with Crippen LogP contribution in [0.25, 0.3) is 55.6 Å². The van der Waals surface area contributed by atoms with Crippen molar-refractivity contribution in [1.82, 2.24) is 0 Å². The molecule has 10 aromatic carbocycles. The van der Waals surface area contributed by atoms with Gasteiger partial charge in [0.15, 0.2) is 0 Å². The summed E-state index contributed by atoms with van der Waals surface area (Å²) >= 11 is 7.79. The van der Waals surface area contributed by atoms with Gasteiger partial charge in [-0.25, -0.2) is 0 Å². The van der Waals surface area contributed by atoms with E-state index < -0.39 is 0 Å². The first-order chi connectivity index (χ1) is 33.6. The molecule has 0 amide bonds. The fourth-order valence-corrected chi connectivity index (χ4v) is 12.8. The van der Waals surface area contributed by atoms with Crippen LogP contribution in [0.1, 0.15) is 61.0 Å². The molecule has 0 aliphatic heterocycles. The lowest BCUT2D eigenvalue weighted by molar-refractivity contribution is 1.17. The molecule has 0 unspecified atom stereocenters. The van der Waals surface area contributed by atoms with Gasteiger partial charge in [0.2, 0.25) is 0 Å². The molecule has 0 radical (unpaired) electrons. The van der Waals surface area contributed by atoms with E-state index in [-0.39, 0.29) is 5.38 Å². The zero-order valence-corrected chi connectivity index (χ0v) is 38.1. The molecule has 0 saturated carbocycles. The first-order valence-electron chi connectivity index (χ1n) is 24.0. The van der Waals surface area contributed by atoms with Crippen LogP contribution in [0.5, 0.6) is 0 Å². The second-order valence-electron chi connectivity index (χ2n) is 19.3. The first kappa shape index (κ1) is 38.2. The highest BCUT2D eigenvalue weighted by Gasteiger charge is 2.32. The summed E-state index contributed by atoms with van der Waals surface area (Å²) in [5.41, 5.74) is 33.2. The normalized spacial score (nSPS) is 13.7. The third-order valence-corrected chi connectivity index (χ3v) is 16.0. The van der Waals surface area contributed by atoms with E-state index in [1.54, 1.807) is 0 Å². The smallest absolute Gasteiger partial charge is 0.0848 e. The van der Waals surface area contributed by atoms with Gasteiger partial charge < -0.3 is 9.80 Å². The van der Waals surface area contributed by atoms with Crippen molar-refractivity contribution in [2.75, 3.05) is 9.80 Å². The van der Waals surface area contributed by atoms with Crippen molar-refractivity contribution in [3.8, 4) is 55.6 Å². The van der Waals surface area contributed by atoms with Gasteiger partial charge >= 0.3 is 0 Å². The second kappa shape index (κ2) is 14.5. The maximum atomic E-state index is 7.79. The highest BCUT2D eigenvalue weighted by Crippen LogP contribution is 2.53. The summed E-state index contributed by atoms with van der Waals surface area (Å²) in [6.45, 7) is 0. The van der Waals surface area contributed by atoms with Gasteiger partial charge in [-0.3, -0.25) is 0 Å². The summed E-state index contributed by atoms with van der Waals surface area (Å²) in [7, 11) is 0. The summed E-state index contributed by atoms with van der Waals surface area (Å²) in [5.74, 6) is 0. The van der Waals surface area contributed by atoms with Crippen molar-refractivity contribution in [2.24, 2.45) is 0 Å². The van der Waals surface area contributed by atoms with E-state index in [1.807, 2.05) is 0 Å². The Morgan fingerprint density at radius 1 is 0.250 bits per heavy atom. The summed E-state index contributed by atoms with van der Waals surface area (Å²) < 4.78 is 0. The minimum Gasteiger partial charge on any atom is -0.310 e. The molecule has 0 fully saturated rings. The predicted molar refractivity (Wildman–Crippen MR) is 282 cm³/mol. The third-order valence-electron chi connectivity index (χ3n) is 15.6. The highest BCUT2D eigenvalue weighted by atomic mass is 35.5. The average molecular weight is 888 g/mol. The lowest BCUT2D eigenvalue weighted by Gasteiger charge is -2.27. The van der Waals surface area contributed by atoms with Crippen molar-refractivity contribution in [2.45, 2.75) is 31.1 Å². The van der Waals surface area contributed by atoms with Crippen LogP contribution in [0.3, 0.4) is 0 Å². The van der Waals surface area contributed by atoms with Crippen LogP contribution < -0.4 is 9.80 Å². The number of anilines is 6. The first-order valence-corrected chi connectivity index (χ1v) is 24.4. The van der Waals surface area contributed by atoms with Crippen molar-refractivity contribution >= 4 is 45.7 Å². The molecule has 320 valence electrons. The summed E-state index contributed by atoms with van der Waals surface area (Å²) in [4.78, 5) is 4.90. The van der Waals surface area contributed by atoms with Crippen LogP contribution in [-0.2, 0) is 25.7 Å². The van der Waals surface area contributed by atoms with E-state index in [1.165, 1.54) is 100 Å². The number of benzene rings is 10. The zero-order valence-electron chi connectivity index (χ0n) is 37.3. The molecule has 0 N–H and O–H groups in total. The minimum absolute atomic E-state index is 0.323. The van der Waals surface area contributed by atoms with Crippen LogP contribution >= 0.6 is 11.6 Å².